The molecule has 108 valence electrons. The van der Waals surface area contributed by atoms with E-state index in [0.717, 1.165) is 29.6 Å². The first-order valence-corrected chi connectivity index (χ1v) is 7.61. The third-order valence-corrected chi connectivity index (χ3v) is 4.16. The lowest BCUT2D eigenvalue weighted by atomic mass is 10.2. The fraction of sp³-hybridized carbons (Fsp3) is 0.267. The zero-order valence-electron chi connectivity index (χ0n) is 12.1. The minimum Gasteiger partial charge on any atom is -0.320 e. The molecule has 2 heterocycles. The molecule has 0 aliphatic carbocycles. The molecule has 0 spiro atoms. The molecule has 5 nitrogen and oxygen atoms in total. The van der Waals surface area contributed by atoms with E-state index < -0.39 is 0 Å². The van der Waals surface area contributed by atoms with Gasteiger partial charge in [-0.25, -0.2) is 4.98 Å². The number of hydrogen-bond donors (Lipinski definition) is 0. The molecule has 0 unspecified atom stereocenters. The van der Waals surface area contributed by atoms with E-state index >= 15 is 0 Å². The van der Waals surface area contributed by atoms with E-state index in [1.807, 2.05) is 29.8 Å². The SMILES string of the molecule is CN(Cc1csc(-c2ccccc2)n1)Cc1nncn1C. The molecule has 0 fully saturated rings. The maximum absolute atomic E-state index is 4.71. The summed E-state index contributed by atoms with van der Waals surface area (Å²) in [7, 11) is 4.02. The summed E-state index contributed by atoms with van der Waals surface area (Å²) in [6.07, 6.45) is 1.72. The van der Waals surface area contributed by atoms with Crippen molar-refractivity contribution in [2.45, 2.75) is 13.1 Å². The minimum absolute atomic E-state index is 0.759. The van der Waals surface area contributed by atoms with Crippen LogP contribution in [0.5, 0.6) is 0 Å². The molecule has 1 aromatic carbocycles. The van der Waals surface area contributed by atoms with Crippen molar-refractivity contribution in [1.29, 1.82) is 0 Å². The van der Waals surface area contributed by atoms with Gasteiger partial charge in [-0.1, -0.05) is 30.3 Å². The highest BCUT2D eigenvalue weighted by atomic mass is 32.1. The van der Waals surface area contributed by atoms with Crippen molar-refractivity contribution in [3.05, 3.63) is 53.6 Å². The second-order valence-corrected chi connectivity index (χ2v) is 5.90. The highest BCUT2D eigenvalue weighted by molar-refractivity contribution is 7.13. The van der Waals surface area contributed by atoms with Crippen LogP contribution in [0.1, 0.15) is 11.5 Å². The molecule has 0 bridgehead atoms. The molecule has 0 N–H and O–H groups in total. The van der Waals surface area contributed by atoms with E-state index in [0.29, 0.717) is 0 Å². The lowest BCUT2D eigenvalue weighted by Crippen LogP contribution is -2.19. The van der Waals surface area contributed by atoms with Crippen LogP contribution in [0.3, 0.4) is 0 Å². The van der Waals surface area contributed by atoms with E-state index in [-0.39, 0.29) is 0 Å². The van der Waals surface area contributed by atoms with Gasteiger partial charge in [0, 0.05) is 24.5 Å². The Morgan fingerprint density at radius 3 is 2.71 bits per heavy atom. The van der Waals surface area contributed by atoms with Crippen LogP contribution >= 0.6 is 11.3 Å². The van der Waals surface area contributed by atoms with Crippen molar-refractivity contribution in [2.24, 2.45) is 7.05 Å². The third-order valence-electron chi connectivity index (χ3n) is 3.22. The Hall–Kier alpha value is -2.05. The van der Waals surface area contributed by atoms with Gasteiger partial charge in [0.15, 0.2) is 0 Å². The fourth-order valence-corrected chi connectivity index (χ4v) is 2.93. The molecular formula is C15H17N5S. The highest BCUT2D eigenvalue weighted by Crippen LogP contribution is 2.23. The van der Waals surface area contributed by atoms with Crippen LogP contribution in [0.15, 0.2) is 42.0 Å². The van der Waals surface area contributed by atoms with Crippen molar-refractivity contribution in [3.8, 4) is 10.6 Å². The van der Waals surface area contributed by atoms with Crippen molar-refractivity contribution in [3.63, 3.8) is 0 Å². The third kappa shape index (κ3) is 3.34. The predicted molar refractivity (Wildman–Crippen MR) is 83.7 cm³/mol. The molecule has 3 rings (SSSR count). The number of aryl methyl sites for hydroxylation is 1. The summed E-state index contributed by atoms with van der Waals surface area (Å²) in [6, 6.07) is 10.3. The van der Waals surface area contributed by atoms with E-state index in [4.69, 9.17) is 4.98 Å². The minimum atomic E-state index is 0.759. The molecule has 2 aromatic heterocycles. The molecule has 0 atom stereocenters. The van der Waals surface area contributed by atoms with Crippen molar-refractivity contribution < 1.29 is 0 Å². The summed E-state index contributed by atoms with van der Waals surface area (Å²) in [5, 5.41) is 11.2. The van der Waals surface area contributed by atoms with Crippen molar-refractivity contribution >= 4 is 11.3 Å². The Labute approximate surface area is 127 Å². The predicted octanol–water partition coefficient (Wildman–Crippen LogP) is 2.57. The summed E-state index contributed by atoms with van der Waals surface area (Å²) >= 11 is 1.68. The second-order valence-electron chi connectivity index (χ2n) is 5.04. The van der Waals surface area contributed by atoms with Crippen molar-refractivity contribution in [2.75, 3.05) is 7.05 Å². The Kier molecular flexibility index (Phi) is 4.08. The van der Waals surface area contributed by atoms with Gasteiger partial charge in [-0.2, -0.15) is 0 Å². The molecule has 21 heavy (non-hydrogen) atoms. The fourth-order valence-electron chi connectivity index (χ4n) is 2.12. The van der Waals surface area contributed by atoms with E-state index in [1.54, 1.807) is 17.7 Å². The molecule has 0 aliphatic heterocycles. The quantitative estimate of drug-likeness (QED) is 0.726. The maximum atomic E-state index is 4.71. The first-order chi connectivity index (χ1) is 10.2. The van der Waals surface area contributed by atoms with Crippen LogP contribution in [-0.2, 0) is 20.1 Å². The van der Waals surface area contributed by atoms with Crippen LogP contribution in [-0.4, -0.2) is 31.7 Å². The topological polar surface area (TPSA) is 46.8 Å². The number of thiazole rings is 1. The molecule has 0 amide bonds. The number of rotatable bonds is 5. The Morgan fingerprint density at radius 2 is 2.00 bits per heavy atom. The monoisotopic (exact) mass is 299 g/mol. The van der Waals surface area contributed by atoms with Gasteiger partial charge in [0.2, 0.25) is 0 Å². The first-order valence-electron chi connectivity index (χ1n) is 6.73. The zero-order chi connectivity index (χ0) is 14.7. The molecular weight excluding hydrogens is 282 g/mol. The van der Waals surface area contributed by atoms with Gasteiger partial charge in [0.1, 0.15) is 17.2 Å². The smallest absolute Gasteiger partial charge is 0.146 e. The van der Waals surface area contributed by atoms with Gasteiger partial charge in [-0.05, 0) is 7.05 Å². The van der Waals surface area contributed by atoms with Crippen LogP contribution in [0.2, 0.25) is 0 Å². The summed E-state index contributed by atoms with van der Waals surface area (Å²) < 4.78 is 1.94. The molecule has 0 saturated heterocycles. The number of nitrogens with zero attached hydrogens (tertiary/aromatic N) is 5. The average Bonchev–Trinajstić information content (AvgIpc) is 3.10. The maximum Gasteiger partial charge on any atom is 0.146 e. The summed E-state index contributed by atoms with van der Waals surface area (Å²) in [4.78, 5) is 6.89. The summed E-state index contributed by atoms with van der Waals surface area (Å²) in [5.41, 5.74) is 2.26. The van der Waals surface area contributed by atoms with Gasteiger partial charge >= 0.3 is 0 Å². The highest BCUT2D eigenvalue weighted by Gasteiger charge is 2.09. The Balaban J connectivity index is 1.66. The second kappa shape index (κ2) is 6.15. The van der Waals surface area contributed by atoms with E-state index in [9.17, 15) is 0 Å². The van der Waals surface area contributed by atoms with Gasteiger partial charge < -0.3 is 4.57 Å². The van der Waals surface area contributed by atoms with Gasteiger partial charge in [-0.3, -0.25) is 4.90 Å². The van der Waals surface area contributed by atoms with Gasteiger partial charge in [0.25, 0.3) is 0 Å². The van der Waals surface area contributed by atoms with Gasteiger partial charge in [-0.15, -0.1) is 21.5 Å². The Bertz CT molecular complexity index is 704. The molecule has 0 saturated carbocycles. The lowest BCUT2D eigenvalue weighted by molar-refractivity contribution is 0.303. The number of benzene rings is 1. The summed E-state index contributed by atoms with van der Waals surface area (Å²) in [5.74, 6) is 0.955. The zero-order valence-corrected chi connectivity index (χ0v) is 12.9. The van der Waals surface area contributed by atoms with Crippen LogP contribution < -0.4 is 0 Å². The molecule has 3 aromatic rings. The van der Waals surface area contributed by atoms with Crippen LogP contribution in [0.4, 0.5) is 0 Å². The van der Waals surface area contributed by atoms with E-state index in [1.165, 1.54) is 5.56 Å². The standard InChI is InChI=1S/C15H17N5S/c1-19(9-14-18-16-11-20(14)2)8-13-10-21-15(17-13)12-6-4-3-5-7-12/h3-7,10-11H,8-9H2,1-2H3. The number of hydrogen-bond acceptors (Lipinski definition) is 5. The molecule has 0 radical (unpaired) electrons. The largest absolute Gasteiger partial charge is 0.320 e. The molecule has 0 aliphatic rings. The lowest BCUT2D eigenvalue weighted by Gasteiger charge is -2.14. The van der Waals surface area contributed by atoms with Crippen LogP contribution in [0, 0.1) is 0 Å². The Morgan fingerprint density at radius 1 is 1.19 bits per heavy atom. The van der Waals surface area contributed by atoms with Crippen LogP contribution in [0.25, 0.3) is 10.6 Å². The van der Waals surface area contributed by atoms with E-state index in [2.05, 4.69) is 39.7 Å². The number of aromatic nitrogens is 4. The summed E-state index contributed by atoms with van der Waals surface area (Å²) in [6.45, 7) is 1.56. The average molecular weight is 299 g/mol. The normalized spacial score (nSPS) is 11.2. The van der Waals surface area contributed by atoms with Crippen molar-refractivity contribution in [1.82, 2.24) is 24.6 Å². The first kappa shape index (κ1) is 13.9. The molecule has 6 heteroatoms. The van der Waals surface area contributed by atoms with Gasteiger partial charge in [0.05, 0.1) is 12.2 Å².